The number of nitrogens with zero attached hydrogens (tertiary/aromatic N) is 1. The van der Waals surface area contributed by atoms with E-state index in [1.165, 1.54) is 10.9 Å². The van der Waals surface area contributed by atoms with Crippen LogP contribution in [0.15, 0.2) is 60.8 Å². The Hall–Kier alpha value is -2.26. The first kappa shape index (κ1) is 16.6. The molecule has 3 aromatic rings. The van der Waals surface area contributed by atoms with E-state index in [4.69, 9.17) is 0 Å². The van der Waals surface area contributed by atoms with Crippen LogP contribution in [0.4, 0.5) is 0 Å². The number of hydrogen-bond acceptors (Lipinski definition) is 2. The Morgan fingerprint density at radius 3 is 2.54 bits per heavy atom. The molecule has 0 aliphatic rings. The minimum absolute atomic E-state index is 0.0545. The van der Waals surface area contributed by atoms with Crippen LogP contribution in [0.3, 0.4) is 0 Å². The van der Waals surface area contributed by atoms with Gasteiger partial charge in [-0.15, -0.1) is 11.8 Å². The molecular formula is C21H21NOS. The molecule has 1 heterocycles. The number of rotatable bonds is 5. The monoisotopic (exact) mass is 335 g/mol. The molecule has 0 N–H and O–H groups in total. The van der Waals surface area contributed by atoms with E-state index in [9.17, 15) is 4.79 Å². The topological polar surface area (TPSA) is 22.0 Å². The lowest BCUT2D eigenvalue weighted by atomic mass is 10.1. The van der Waals surface area contributed by atoms with Crippen LogP contribution in [0.25, 0.3) is 15.8 Å². The predicted molar refractivity (Wildman–Crippen MR) is 105 cm³/mol. The summed E-state index contributed by atoms with van der Waals surface area (Å²) in [5.41, 5.74) is 4.20. The lowest BCUT2D eigenvalue weighted by Gasteiger charge is -2.05. The summed E-state index contributed by atoms with van der Waals surface area (Å²) in [5.74, 6) is 0.981. The normalized spacial score (nSPS) is 11.9. The summed E-state index contributed by atoms with van der Waals surface area (Å²) in [6.45, 7) is 4.14. The Bertz CT molecular complexity index is 903. The Morgan fingerprint density at radius 2 is 1.83 bits per heavy atom. The molecule has 0 spiro atoms. The molecule has 2 aromatic carbocycles. The standard InChI is InChI=1S/C21H21NOS/c1-4-24-21(13-20(23)16-11-9-15(2)10-12-16)18-14-22(3)19-8-6-5-7-17(18)19/h5-14H,4H2,1-3H3. The van der Waals surface area contributed by atoms with E-state index in [2.05, 4.69) is 29.8 Å². The van der Waals surface area contributed by atoms with E-state index < -0.39 is 0 Å². The lowest BCUT2D eigenvalue weighted by molar-refractivity contribution is 0.104. The van der Waals surface area contributed by atoms with Crippen molar-refractivity contribution in [1.29, 1.82) is 0 Å². The Labute approximate surface area is 147 Å². The van der Waals surface area contributed by atoms with Crippen molar-refractivity contribution >= 4 is 33.4 Å². The van der Waals surface area contributed by atoms with Gasteiger partial charge in [-0.2, -0.15) is 0 Å². The van der Waals surface area contributed by atoms with Gasteiger partial charge in [0.15, 0.2) is 5.78 Å². The molecule has 0 saturated heterocycles. The zero-order valence-corrected chi connectivity index (χ0v) is 15.1. The van der Waals surface area contributed by atoms with Gasteiger partial charge < -0.3 is 4.57 Å². The average molecular weight is 335 g/mol. The summed E-state index contributed by atoms with van der Waals surface area (Å²) in [6, 6.07) is 16.1. The van der Waals surface area contributed by atoms with Gasteiger partial charge in [0.25, 0.3) is 0 Å². The maximum atomic E-state index is 12.7. The Kier molecular flexibility index (Phi) is 4.91. The third-order valence-corrected chi connectivity index (χ3v) is 5.00. The molecule has 0 aliphatic heterocycles. The van der Waals surface area contributed by atoms with Crippen molar-refractivity contribution in [2.45, 2.75) is 13.8 Å². The lowest BCUT2D eigenvalue weighted by Crippen LogP contribution is -1.96. The number of carbonyl (C=O) groups is 1. The Balaban J connectivity index is 2.05. The second kappa shape index (κ2) is 7.10. The fraction of sp³-hybridized carbons (Fsp3) is 0.190. The average Bonchev–Trinajstić information content (AvgIpc) is 2.92. The summed E-state index contributed by atoms with van der Waals surface area (Å²) in [6.07, 6.45) is 3.89. The van der Waals surface area contributed by atoms with Crippen LogP contribution in [0.1, 0.15) is 28.4 Å². The summed E-state index contributed by atoms with van der Waals surface area (Å²) < 4.78 is 2.12. The number of fused-ring (bicyclic) bond motifs is 1. The van der Waals surface area contributed by atoms with Gasteiger partial charge in [-0.3, -0.25) is 4.79 Å². The quantitative estimate of drug-likeness (QED) is 0.456. The van der Waals surface area contributed by atoms with Crippen LogP contribution in [0.5, 0.6) is 0 Å². The molecule has 2 nitrogen and oxygen atoms in total. The van der Waals surface area contributed by atoms with Crippen LogP contribution in [0.2, 0.25) is 0 Å². The summed E-state index contributed by atoms with van der Waals surface area (Å²) in [4.78, 5) is 13.7. The molecule has 0 radical (unpaired) electrons. The van der Waals surface area contributed by atoms with Gasteiger partial charge in [-0.05, 0) is 18.7 Å². The number of benzene rings is 2. The van der Waals surface area contributed by atoms with Gasteiger partial charge >= 0.3 is 0 Å². The van der Waals surface area contributed by atoms with E-state index >= 15 is 0 Å². The van der Waals surface area contributed by atoms with Gasteiger partial charge in [0.2, 0.25) is 0 Å². The van der Waals surface area contributed by atoms with Gasteiger partial charge in [0.05, 0.1) is 0 Å². The van der Waals surface area contributed by atoms with Crippen molar-refractivity contribution in [3.05, 3.63) is 77.5 Å². The van der Waals surface area contributed by atoms with Crippen molar-refractivity contribution in [3.63, 3.8) is 0 Å². The van der Waals surface area contributed by atoms with Crippen LogP contribution in [-0.2, 0) is 7.05 Å². The zero-order valence-electron chi connectivity index (χ0n) is 14.2. The zero-order chi connectivity index (χ0) is 17.1. The highest BCUT2D eigenvalue weighted by Crippen LogP contribution is 2.34. The molecule has 0 atom stereocenters. The van der Waals surface area contributed by atoms with Crippen LogP contribution in [-0.4, -0.2) is 16.1 Å². The molecule has 122 valence electrons. The second-order valence-corrected chi connectivity index (χ2v) is 7.15. The molecule has 0 unspecified atom stereocenters. The molecular weight excluding hydrogens is 314 g/mol. The molecule has 0 saturated carbocycles. The molecule has 1 aromatic heterocycles. The number of aryl methyl sites for hydroxylation is 2. The maximum Gasteiger partial charge on any atom is 0.186 e. The third-order valence-electron chi connectivity index (χ3n) is 4.06. The third kappa shape index (κ3) is 3.31. The highest BCUT2D eigenvalue weighted by Gasteiger charge is 2.13. The highest BCUT2D eigenvalue weighted by molar-refractivity contribution is 8.08. The number of carbonyl (C=O) groups excluding carboxylic acids is 1. The van der Waals surface area contributed by atoms with Crippen molar-refractivity contribution < 1.29 is 4.79 Å². The molecule has 3 heteroatoms. The van der Waals surface area contributed by atoms with Crippen molar-refractivity contribution in [1.82, 2.24) is 4.57 Å². The number of allylic oxidation sites excluding steroid dienone is 1. The number of ketones is 1. The largest absolute Gasteiger partial charge is 0.350 e. The number of para-hydroxylation sites is 1. The SMILES string of the molecule is CCSC(=CC(=O)c1ccc(C)cc1)c1cn(C)c2ccccc12. The molecule has 24 heavy (non-hydrogen) atoms. The number of thioether (sulfide) groups is 1. The molecule has 0 bridgehead atoms. The number of hydrogen-bond donors (Lipinski definition) is 0. The molecule has 0 amide bonds. The molecule has 3 rings (SSSR count). The van der Waals surface area contributed by atoms with Crippen molar-refractivity contribution in [3.8, 4) is 0 Å². The van der Waals surface area contributed by atoms with E-state index in [0.717, 1.165) is 27.3 Å². The van der Waals surface area contributed by atoms with Gasteiger partial charge in [-0.1, -0.05) is 55.0 Å². The minimum Gasteiger partial charge on any atom is -0.350 e. The van der Waals surface area contributed by atoms with Crippen molar-refractivity contribution in [2.24, 2.45) is 7.05 Å². The van der Waals surface area contributed by atoms with E-state index in [-0.39, 0.29) is 5.78 Å². The fourth-order valence-corrected chi connectivity index (χ4v) is 3.63. The van der Waals surface area contributed by atoms with Crippen LogP contribution in [0, 0.1) is 6.92 Å². The minimum atomic E-state index is 0.0545. The second-order valence-electron chi connectivity index (χ2n) is 5.84. The molecule has 0 fully saturated rings. The van der Waals surface area contributed by atoms with E-state index in [1.807, 2.05) is 50.4 Å². The van der Waals surface area contributed by atoms with Gasteiger partial charge in [0, 0.05) is 46.3 Å². The first-order valence-corrected chi connectivity index (χ1v) is 9.08. The van der Waals surface area contributed by atoms with Crippen molar-refractivity contribution in [2.75, 3.05) is 5.75 Å². The summed E-state index contributed by atoms with van der Waals surface area (Å²) in [5, 5.41) is 1.18. The first-order chi connectivity index (χ1) is 11.6. The highest BCUT2D eigenvalue weighted by atomic mass is 32.2. The Morgan fingerprint density at radius 1 is 1.12 bits per heavy atom. The van der Waals surface area contributed by atoms with Gasteiger partial charge in [-0.25, -0.2) is 0 Å². The van der Waals surface area contributed by atoms with Crippen LogP contribution < -0.4 is 0 Å². The van der Waals surface area contributed by atoms with Crippen LogP contribution >= 0.6 is 11.8 Å². The van der Waals surface area contributed by atoms with Gasteiger partial charge in [0.1, 0.15) is 0 Å². The fourth-order valence-electron chi connectivity index (χ4n) is 2.81. The maximum absolute atomic E-state index is 12.7. The molecule has 0 aliphatic carbocycles. The first-order valence-electron chi connectivity index (χ1n) is 8.10. The summed E-state index contributed by atoms with van der Waals surface area (Å²) in [7, 11) is 2.04. The van der Waals surface area contributed by atoms with E-state index in [0.29, 0.717) is 0 Å². The summed E-state index contributed by atoms with van der Waals surface area (Å²) >= 11 is 1.71. The smallest absolute Gasteiger partial charge is 0.186 e. The predicted octanol–water partition coefficient (Wildman–Crippen LogP) is 5.46. The number of aromatic nitrogens is 1. The van der Waals surface area contributed by atoms with E-state index in [1.54, 1.807) is 17.8 Å².